The number of carbonyl (C=O) groups excluding carboxylic acids is 1. The van der Waals surface area contributed by atoms with Crippen molar-refractivity contribution in [3.05, 3.63) is 23.8 Å². The van der Waals surface area contributed by atoms with Crippen LogP contribution in [0, 0.1) is 0 Å². The van der Waals surface area contributed by atoms with Crippen LogP contribution < -0.4 is 9.47 Å². The number of hydrogen-bond donors (Lipinski definition) is 1. The minimum Gasteiger partial charge on any atom is -0.493 e. The number of benzene rings is 1. The lowest BCUT2D eigenvalue weighted by atomic mass is 10.1. The van der Waals surface area contributed by atoms with Gasteiger partial charge in [0.25, 0.3) is 0 Å². The normalized spacial score (nSPS) is 10.1. The zero-order chi connectivity index (χ0) is 16.5. The van der Waals surface area contributed by atoms with Crippen LogP contribution in [0.2, 0.25) is 0 Å². The molecule has 0 aromatic heterocycles. The van der Waals surface area contributed by atoms with Crippen molar-refractivity contribution in [2.75, 3.05) is 41.0 Å². The molecule has 0 saturated carbocycles. The van der Waals surface area contributed by atoms with Gasteiger partial charge >= 0.3 is 5.97 Å². The number of nitrogens with zero attached hydrogens (tertiary/aromatic N) is 1. The second kappa shape index (κ2) is 8.89. The molecule has 0 bridgehead atoms. The lowest BCUT2D eigenvalue weighted by Gasteiger charge is -2.20. The molecular weight excluding hydrogens is 290 g/mol. The first-order valence-corrected chi connectivity index (χ1v) is 6.71. The number of aliphatic carboxylic acids is 1. The smallest absolute Gasteiger partial charge is 0.323 e. The van der Waals surface area contributed by atoms with Crippen LogP contribution in [0.15, 0.2) is 18.2 Å². The number of hydrogen-bond acceptors (Lipinski definition) is 5. The Morgan fingerprint density at radius 2 is 1.82 bits per heavy atom. The molecule has 7 heteroatoms. The molecule has 0 atom stereocenters. The fraction of sp³-hybridized carbons (Fsp3) is 0.467. The fourth-order valence-corrected chi connectivity index (χ4v) is 1.93. The van der Waals surface area contributed by atoms with Crippen molar-refractivity contribution in [3.8, 4) is 11.5 Å². The average Bonchev–Trinajstić information content (AvgIpc) is 2.50. The SMILES string of the molecule is COCCN(CC(=O)O)C(=O)Cc1ccc(OC)c(OC)c1. The Morgan fingerprint density at radius 3 is 2.36 bits per heavy atom. The summed E-state index contributed by atoms with van der Waals surface area (Å²) in [5.74, 6) is -0.251. The van der Waals surface area contributed by atoms with Gasteiger partial charge in [0.1, 0.15) is 6.54 Å². The van der Waals surface area contributed by atoms with E-state index in [1.807, 2.05) is 0 Å². The van der Waals surface area contributed by atoms with Gasteiger partial charge in [0.15, 0.2) is 11.5 Å². The summed E-state index contributed by atoms with van der Waals surface area (Å²) >= 11 is 0. The van der Waals surface area contributed by atoms with Crippen molar-refractivity contribution in [1.29, 1.82) is 0 Å². The molecule has 0 aliphatic heterocycles. The maximum atomic E-state index is 12.2. The number of carboxylic acid groups (broad SMARTS) is 1. The van der Waals surface area contributed by atoms with E-state index in [2.05, 4.69) is 0 Å². The van der Waals surface area contributed by atoms with Gasteiger partial charge in [-0.25, -0.2) is 0 Å². The molecule has 1 aromatic rings. The third-order valence-electron chi connectivity index (χ3n) is 3.05. The molecule has 0 heterocycles. The largest absolute Gasteiger partial charge is 0.493 e. The Hall–Kier alpha value is -2.28. The average molecular weight is 311 g/mol. The molecule has 0 spiro atoms. The molecule has 1 aromatic carbocycles. The lowest BCUT2D eigenvalue weighted by molar-refractivity contribution is -0.144. The van der Waals surface area contributed by atoms with E-state index >= 15 is 0 Å². The molecule has 1 N–H and O–H groups in total. The van der Waals surface area contributed by atoms with Crippen LogP contribution in [0.5, 0.6) is 11.5 Å². The summed E-state index contributed by atoms with van der Waals surface area (Å²) in [5, 5.41) is 8.88. The first kappa shape index (κ1) is 17.8. The van der Waals surface area contributed by atoms with Crippen molar-refractivity contribution < 1.29 is 28.9 Å². The molecule has 122 valence electrons. The molecule has 0 saturated heterocycles. The Bertz CT molecular complexity index is 517. The Balaban J connectivity index is 2.81. The van der Waals surface area contributed by atoms with E-state index in [-0.39, 0.29) is 32.0 Å². The van der Waals surface area contributed by atoms with Crippen molar-refractivity contribution >= 4 is 11.9 Å². The van der Waals surface area contributed by atoms with E-state index in [0.29, 0.717) is 11.5 Å². The highest BCUT2D eigenvalue weighted by Crippen LogP contribution is 2.27. The minimum atomic E-state index is -1.06. The second-order valence-electron chi connectivity index (χ2n) is 4.57. The molecule has 22 heavy (non-hydrogen) atoms. The summed E-state index contributed by atoms with van der Waals surface area (Å²) in [6, 6.07) is 5.15. The third kappa shape index (κ3) is 5.25. The molecule has 1 amide bonds. The van der Waals surface area contributed by atoms with Crippen molar-refractivity contribution in [2.45, 2.75) is 6.42 Å². The Labute approximate surface area is 129 Å². The van der Waals surface area contributed by atoms with E-state index in [1.165, 1.54) is 26.2 Å². The van der Waals surface area contributed by atoms with E-state index in [4.69, 9.17) is 19.3 Å². The van der Waals surface area contributed by atoms with E-state index in [1.54, 1.807) is 18.2 Å². The second-order valence-corrected chi connectivity index (χ2v) is 4.57. The summed E-state index contributed by atoms with van der Waals surface area (Å²) in [6.07, 6.45) is 0.0807. The van der Waals surface area contributed by atoms with Crippen LogP contribution in [0.1, 0.15) is 5.56 Å². The molecule has 0 radical (unpaired) electrons. The summed E-state index contributed by atoms with van der Waals surface area (Å²) in [5.41, 5.74) is 0.718. The number of ether oxygens (including phenoxy) is 3. The summed E-state index contributed by atoms with van der Waals surface area (Å²) in [4.78, 5) is 24.3. The van der Waals surface area contributed by atoms with Crippen LogP contribution >= 0.6 is 0 Å². The lowest BCUT2D eigenvalue weighted by Crippen LogP contribution is -2.38. The van der Waals surface area contributed by atoms with Crippen LogP contribution in [0.25, 0.3) is 0 Å². The summed E-state index contributed by atoms with van der Waals surface area (Å²) in [6.45, 7) is 0.162. The van der Waals surface area contributed by atoms with E-state index in [9.17, 15) is 9.59 Å². The van der Waals surface area contributed by atoms with Crippen LogP contribution in [0.4, 0.5) is 0 Å². The zero-order valence-electron chi connectivity index (χ0n) is 13.0. The molecule has 0 fully saturated rings. The number of carbonyl (C=O) groups is 2. The quantitative estimate of drug-likeness (QED) is 0.726. The molecule has 0 unspecified atom stereocenters. The first-order valence-electron chi connectivity index (χ1n) is 6.71. The highest BCUT2D eigenvalue weighted by Gasteiger charge is 2.17. The van der Waals surface area contributed by atoms with Gasteiger partial charge in [0.05, 0.1) is 27.2 Å². The summed E-state index contributed by atoms with van der Waals surface area (Å²) in [7, 11) is 4.54. The number of amides is 1. The maximum absolute atomic E-state index is 12.2. The van der Waals surface area contributed by atoms with Gasteiger partial charge in [-0.15, -0.1) is 0 Å². The molecular formula is C15H21NO6. The van der Waals surface area contributed by atoms with Crippen molar-refractivity contribution in [1.82, 2.24) is 4.90 Å². The topological polar surface area (TPSA) is 85.3 Å². The zero-order valence-corrected chi connectivity index (χ0v) is 13.0. The number of carboxylic acids is 1. The summed E-state index contributed by atoms with van der Waals surface area (Å²) < 4.78 is 15.2. The van der Waals surface area contributed by atoms with Crippen LogP contribution in [-0.2, 0) is 20.7 Å². The first-order chi connectivity index (χ1) is 10.5. The standard InChI is InChI=1S/C15H21NO6/c1-20-7-6-16(10-15(18)19)14(17)9-11-4-5-12(21-2)13(8-11)22-3/h4-5,8H,6-7,9-10H2,1-3H3,(H,18,19). The van der Waals surface area contributed by atoms with Crippen LogP contribution in [-0.4, -0.2) is 62.9 Å². The van der Waals surface area contributed by atoms with Gasteiger partial charge < -0.3 is 24.2 Å². The molecule has 7 nitrogen and oxygen atoms in total. The predicted molar refractivity (Wildman–Crippen MR) is 79.3 cm³/mol. The molecule has 0 aliphatic carbocycles. The highest BCUT2D eigenvalue weighted by molar-refractivity contribution is 5.83. The maximum Gasteiger partial charge on any atom is 0.323 e. The Morgan fingerprint density at radius 1 is 1.14 bits per heavy atom. The molecule has 1 rings (SSSR count). The van der Waals surface area contributed by atoms with Gasteiger partial charge in [-0.2, -0.15) is 0 Å². The highest BCUT2D eigenvalue weighted by atomic mass is 16.5. The van der Waals surface area contributed by atoms with E-state index < -0.39 is 5.97 Å². The monoisotopic (exact) mass is 311 g/mol. The third-order valence-corrected chi connectivity index (χ3v) is 3.05. The van der Waals surface area contributed by atoms with Crippen LogP contribution in [0.3, 0.4) is 0 Å². The predicted octanol–water partition coefficient (Wildman–Crippen LogP) is 0.806. The van der Waals surface area contributed by atoms with Crippen molar-refractivity contribution in [2.24, 2.45) is 0 Å². The van der Waals surface area contributed by atoms with Gasteiger partial charge in [0, 0.05) is 13.7 Å². The fourth-order valence-electron chi connectivity index (χ4n) is 1.93. The van der Waals surface area contributed by atoms with Gasteiger partial charge in [-0.3, -0.25) is 9.59 Å². The minimum absolute atomic E-state index is 0.0807. The van der Waals surface area contributed by atoms with Gasteiger partial charge in [-0.05, 0) is 17.7 Å². The van der Waals surface area contributed by atoms with E-state index in [0.717, 1.165) is 5.56 Å². The number of methoxy groups -OCH3 is 3. The Kier molecular flexibility index (Phi) is 7.18. The van der Waals surface area contributed by atoms with Gasteiger partial charge in [-0.1, -0.05) is 6.07 Å². The number of rotatable bonds is 9. The van der Waals surface area contributed by atoms with Gasteiger partial charge in [0.2, 0.25) is 5.91 Å². The van der Waals surface area contributed by atoms with Crippen molar-refractivity contribution in [3.63, 3.8) is 0 Å². The molecule has 0 aliphatic rings.